The number of hydrogen-bond donors (Lipinski definition) is 0. The second kappa shape index (κ2) is 7.12. The van der Waals surface area contributed by atoms with Crippen LogP contribution in [0.25, 0.3) is 5.65 Å². The number of non-ortho nitro benzene ring substituents is 1. The van der Waals surface area contributed by atoms with Gasteiger partial charge >= 0.3 is 0 Å². The lowest BCUT2D eigenvalue weighted by Gasteiger charge is -2.20. The standard InChI is InChI=1S/C18H18N4O3/c1-2-20(13-16-12-19-17-5-3-4-10-21(16)17)18(23)11-14-6-8-15(9-7-14)22(24)25/h3-10,12H,2,11,13H2,1H3. The second-order valence-electron chi connectivity index (χ2n) is 5.69. The predicted octanol–water partition coefficient (Wildman–Crippen LogP) is 2.83. The zero-order valence-electron chi connectivity index (χ0n) is 13.8. The summed E-state index contributed by atoms with van der Waals surface area (Å²) in [7, 11) is 0. The Balaban J connectivity index is 1.72. The van der Waals surface area contributed by atoms with Gasteiger partial charge in [0.1, 0.15) is 5.65 Å². The number of carbonyl (C=O) groups is 1. The van der Waals surface area contributed by atoms with Crippen molar-refractivity contribution in [3.8, 4) is 0 Å². The fourth-order valence-electron chi connectivity index (χ4n) is 2.70. The molecule has 2 aromatic heterocycles. The van der Waals surface area contributed by atoms with Gasteiger partial charge in [-0.3, -0.25) is 14.9 Å². The maximum atomic E-state index is 12.6. The van der Waals surface area contributed by atoms with Crippen LogP contribution in [-0.2, 0) is 17.8 Å². The molecule has 25 heavy (non-hydrogen) atoms. The monoisotopic (exact) mass is 338 g/mol. The normalized spacial score (nSPS) is 10.8. The van der Waals surface area contributed by atoms with Crippen LogP contribution < -0.4 is 0 Å². The van der Waals surface area contributed by atoms with Gasteiger partial charge in [0.2, 0.25) is 5.91 Å². The molecular weight excluding hydrogens is 320 g/mol. The summed E-state index contributed by atoms with van der Waals surface area (Å²) < 4.78 is 1.96. The Morgan fingerprint density at radius 3 is 2.68 bits per heavy atom. The lowest BCUT2D eigenvalue weighted by Crippen LogP contribution is -2.32. The number of benzene rings is 1. The summed E-state index contributed by atoms with van der Waals surface area (Å²) in [6, 6.07) is 11.8. The largest absolute Gasteiger partial charge is 0.337 e. The minimum atomic E-state index is -0.450. The number of fused-ring (bicyclic) bond motifs is 1. The summed E-state index contributed by atoms with van der Waals surface area (Å²) in [6.45, 7) is 2.97. The second-order valence-corrected chi connectivity index (χ2v) is 5.69. The van der Waals surface area contributed by atoms with Crippen LogP contribution in [0.4, 0.5) is 5.69 Å². The van der Waals surface area contributed by atoms with Crippen molar-refractivity contribution in [2.75, 3.05) is 6.54 Å². The van der Waals surface area contributed by atoms with Gasteiger partial charge in [0.25, 0.3) is 5.69 Å². The Kier molecular flexibility index (Phi) is 4.74. The van der Waals surface area contributed by atoms with Crippen molar-refractivity contribution in [1.29, 1.82) is 0 Å². The van der Waals surface area contributed by atoms with Crippen molar-refractivity contribution in [1.82, 2.24) is 14.3 Å². The van der Waals surface area contributed by atoms with Crippen molar-refractivity contribution >= 4 is 17.2 Å². The van der Waals surface area contributed by atoms with Gasteiger partial charge in [-0.1, -0.05) is 18.2 Å². The zero-order valence-corrected chi connectivity index (χ0v) is 13.8. The molecule has 0 aliphatic rings. The minimum Gasteiger partial charge on any atom is -0.337 e. The van der Waals surface area contributed by atoms with Crippen LogP contribution in [0.5, 0.6) is 0 Å². The molecule has 3 rings (SSSR count). The highest BCUT2D eigenvalue weighted by atomic mass is 16.6. The van der Waals surface area contributed by atoms with Gasteiger partial charge in [-0.05, 0) is 24.6 Å². The summed E-state index contributed by atoms with van der Waals surface area (Å²) >= 11 is 0. The summed E-state index contributed by atoms with van der Waals surface area (Å²) in [5.41, 5.74) is 2.56. The molecule has 0 unspecified atom stereocenters. The lowest BCUT2D eigenvalue weighted by atomic mass is 10.1. The third-order valence-electron chi connectivity index (χ3n) is 4.08. The van der Waals surface area contributed by atoms with E-state index < -0.39 is 4.92 Å². The molecule has 1 aromatic carbocycles. The molecule has 7 nitrogen and oxygen atoms in total. The minimum absolute atomic E-state index is 0.0225. The SMILES string of the molecule is CCN(Cc1cnc2ccccn12)C(=O)Cc1ccc([N+](=O)[O-])cc1. The molecule has 128 valence electrons. The molecule has 0 fully saturated rings. The summed E-state index contributed by atoms with van der Waals surface area (Å²) in [6.07, 6.45) is 3.91. The van der Waals surface area contributed by atoms with Crippen molar-refractivity contribution < 1.29 is 9.72 Å². The molecule has 2 heterocycles. The number of imidazole rings is 1. The molecule has 7 heteroatoms. The molecule has 3 aromatic rings. The number of hydrogen-bond acceptors (Lipinski definition) is 4. The first-order chi connectivity index (χ1) is 12.1. The maximum Gasteiger partial charge on any atom is 0.269 e. The molecule has 0 saturated carbocycles. The third kappa shape index (κ3) is 3.65. The van der Waals surface area contributed by atoms with E-state index in [2.05, 4.69) is 4.98 Å². The molecule has 0 aliphatic heterocycles. The van der Waals surface area contributed by atoms with Gasteiger partial charge in [0.15, 0.2) is 0 Å². The van der Waals surface area contributed by atoms with Crippen LogP contribution in [0.1, 0.15) is 18.2 Å². The van der Waals surface area contributed by atoms with E-state index in [0.717, 1.165) is 16.9 Å². The Bertz CT molecular complexity index is 902. The smallest absolute Gasteiger partial charge is 0.269 e. The van der Waals surface area contributed by atoms with E-state index in [1.54, 1.807) is 23.2 Å². The summed E-state index contributed by atoms with van der Waals surface area (Å²) in [5.74, 6) is -0.0257. The number of amides is 1. The molecule has 0 saturated heterocycles. The first kappa shape index (κ1) is 16.6. The molecule has 0 N–H and O–H groups in total. The molecule has 0 radical (unpaired) electrons. The Morgan fingerprint density at radius 1 is 1.24 bits per heavy atom. The van der Waals surface area contributed by atoms with Crippen LogP contribution in [0.15, 0.2) is 54.9 Å². The van der Waals surface area contributed by atoms with Gasteiger partial charge in [-0.15, -0.1) is 0 Å². The Morgan fingerprint density at radius 2 is 2.00 bits per heavy atom. The first-order valence-corrected chi connectivity index (χ1v) is 8.00. The number of rotatable bonds is 6. The summed E-state index contributed by atoms with van der Waals surface area (Å²) in [5, 5.41) is 10.7. The van der Waals surface area contributed by atoms with E-state index in [0.29, 0.717) is 13.1 Å². The third-order valence-corrected chi connectivity index (χ3v) is 4.08. The van der Waals surface area contributed by atoms with Crippen LogP contribution in [0, 0.1) is 10.1 Å². The van der Waals surface area contributed by atoms with Gasteiger partial charge in [0, 0.05) is 24.9 Å². The van der Waals surface area contributed by atoms with Gasteiger partial charge in [0.05, 0.1) is 29.8 Å². The van der Waals surface area contributed by atoms with E-state index in [9.17, 15) is 14.9 Å². The van der Waals surface area contributed by atoms with Gasteiger partial charge in [-0.2, -0.15) is 0 Å². The molecule has 0 spiro atoms. The van der Waals surface area contributed by atoms with Crippen molar-refractivity contribution in [2.24, 2.45) is 0 Å². The molecular formula is C18H18N4O3. The van der Waals surface area contributed by atoms with Gasteiger partial charge in [-0.25, -0.2) is 4.98 Å². The fraction of sp³-hybridized carbons (Fsp3) is 0.222. The number of likely N-dealkylation sites (N-methyl/N-ethyl adjacent to an activating group) is 1. The van der Waals surface area contributed by atoms with Crippen LogP contribution in [-0.4, -0.2) is 31.7 Å². The molecule has 0 atom stereocenters. The van der Waals surface area contributed by atoms with Crippen LogP contribution in [0.2, 0.25) is 0 Å². The van der Waals surface area contributed by atoms with Crippen LogP contribution in [0.3, 0.4) is 0 Å². The maximum absolute atomic E-state index is 12.6. The Hall–Kier alpha value is -3.22. The van der Waals surface area contributed by atoms with Gasteiger partial charge < -0.3 is 9.30 Å². The quantitative estimate of drug-likeness (QED) is 0.511. The number of nitro groups is 1. The molecule has 0 bridgehead atoms. The number of nitrogens with zero attached hydrogens (tertiary/aromatic N) is 4. The average molecular weight is 338 g/mol. The highest BCUT2D eigenvalue weighted by molar-refractivity contribution is 5.78. The van der Waals surface area contributed by atoms with Crippen molar-refractivity contribution in [3.05, 3.63) is 76.2 Å². The molecule has 1 amide bonds. The average Bonchev–Trinajstić information content (AvgIpc) is 3.03. The highest BCUT2D eigenvalue weighted by Gasteiger charge is 2.15. The first-order valence-electron chi connectivity index (χ1n) is 8.00. The lowest BCUT2D eigenvalue weighted by molar-refractivity contribution is -0.384. The fourth-order valence-corrected chi connectivity index (χ4v) is 2.70. The van der Waals surface area contributed by atoms with E-state index >= 15 is 0 Å². The van der Waals surface area contributed by atoms with Crippen molar-refractivity contribution in [2.45, 2.75) is 19.9 Å². The number of pyridine rings is 1. The zero-order chi connectivity index (χ0) is 17.8. The number of carbonyl (C=O) groups excluding carboxylic acids is 1. The highest BCUT2D eigenvalue weighted by Crippen LogP contribution is 2.14. The topological polar surface area (TPSA) is 80.8 Å². The Labute approximate surface area is 144 Å². The van der Waals surface area contributed by atoms with Crippen LogP contribution >= 0.6 is 0 Å². The van der Waals surface area contributed by atoms with E-state index in [1.165, 1.54) is 12.1 Å². The van der Waals surface area contributed by atoms with E-state index in [4.69, 9.17) is 0 Å². The van der Waals surface area contributed by atoms with E-state index in [1.807, 2.05) is 35.7 Å². The van der Waals surface area contributed by atoms with Crippen molar-refractivity contribution in [3.63, 3.8) is 0 Å². The molecule has 0 aliphatic carbocycles. The summed E-state index contributed by atoms with van der Waals surface area (Å²) in [4.78, 5) is 28.9. The number of nitro benzene ring substituents is 1. The van der Waals surface area contributed by atoms with E-state index in [-0.39, 0.29) is 18.0 Å². The predicted molar refractivity (Wildman–Crippen MR) is 93.1 cm³/mol. The number of aromatic nitrogens is 2.